The minimum atomic E-state index is -1.31. The number of carbonyl (C=O) groups is 2. The SMILES string of the molecule is COc1ccc(C(=O)N[C@H](C(=O)[O-])C(C)C)cc1OC. The topological polar surface area (TPSA) is 87.7 Å². The highest BCUT2D eigenvalue weighted by Crippen LogP contribution is 2.27. The molecular formula is C14H18NO5-. The summed E-state index contributed by atoms with van der Waals surface area (Å²) in [5.74, 6) is -1.20. The summed E-state index contributed by atoms with van der Waals surface area (Å²) in [6.45, 7) is 3.38. The van der Waals surface area contributed by atoms with Gasteiger partial charge in [0.15, 0.2) is 11.5 Å². The molecule has 0 saturated heterocycles. The summed E-state index contributed by atoms with van der Waals surface area (Å²) in [5.41, 5.74) is 0.287. The van der Waals surface area contributed by atoms with Crippen LogP contribution in [0, 0.1) is 5.92 Å². The monoisotopic (exact) mass is 280 g/mol. The Labute approximate surface area is 117 Å². The van der Waals surface area contributed by atoms with Gasteiger partial charge in [0.1, 0.15) is 0 Å². The molecule has 0 aliphatic carbocycles. The fourth-order valence-corrected chi connectivity index (χ4v) is 1.70. The Hall–Kier alpha value is -2.24. The Morgan fingerprint density at radius 1 is 1.15 bits per heavy atom. The third-order valence-corrected chi connectivity index (χ3v) is 2.85. The minimum absolute atomic E-state index is 0.274. The number of carbonyl (C=O) groups excluding carboxylic acids is 2. The average molecular weight is 280 g/mol. The molecular weight excluding hydrogens is 262 g/mol. The van der Waals surface area contributed by atoms with E-state index < -0.39 is 17.9 Å². The van der Waals surface area contributed by atoms with Gasteiger partial charge in [-0.15, -0.1) is 0 Å². The Balaban J connectivity index is 2.95. The fraction of sp³-hybridized carbons (Fsp3) is 0.429. The maximum Gasteiger partial charge on any atom is 0.251 e. The predicted molar refractivity (Wildman–Crippen MR) is 70.6 cm³/mol. The fourth-order valence-electron chi connectivity index (χ4n) is 1.70. The van der Waals surface area contributed by atoms with Gasteiger partial charge in [0.25, 0.3) is 5.91 Å². The van der Waals surface area contributed by atoms with Crippen molar-refractivity contribution in [2.75, 3.05) is 14.2 Å². The van der Waals surface area contributed by atoms with Gasteiger partial charge in [-0.2, -0.15) is 0 Å². The van der Waals surface area contributed by atoms with E-state index in [-0.39, 0.29) is 11.5 Å². The van der Waals surface area contributed by atoms with Gasteiger partial charge >= 0.3 is 0 Å². The van der Waals surface area contributed by atoms with Crippen molar-refractivity contribution < 1.29 is 24.2 Å². The van der Waals surface area contributed by atoms with Crippen LogP contribution < -0.4 is 19.9 Å². The zero-order valence-corrected chi connectivity index (χ0v) is 11.9. The molecule has 0 aromatic heterocycles. The molecule has 0 bridgehead atoms. The van der Waals surface area contributed by atoms with Crippen molar-refractivity contribution in [1.82, 2.24) is 5.32 Å². The summed E-state index contributed by atoms with van der Waals surface area (Å²) in [5, 5.41) is 13.4. The lowest BCUT2D eigenvalue weighted by Crippen LogP contribution is -2.50. The number of ether oxygens (including phenoxy) is 2. The average Bonchev–Trinajstić information content (AvgIpc) is 2.42. The number of carboxylic acid groups (broad SMARTS) is 1. The second kappa shape index (κ2) is 6.79. The third-order valence-electron chi connectivity index (χ3n) is 2.85. The molecule has 1 atom stereocenters. The molecule has 0 fully saturated rings. The van der Waals surface area contributed by atoms with E-state index in [0.29, 0.717) is 11.5 Å². The van der Waals surface area contributed by atoms with Crippen molar-refractivity contribution in [1.29, 1.82) is 0 Å². The standard InChI is InChI=1S/C14H19NO5/c1-8(2)12(14(17)18)15-13(16)9-5-6-10(19-3)11(7-9)20-4/h5-8,12H,1-4H3,(H,15,16)(H,17,18)/p-1/t12-/m0/s1. The van der Waals surface area contributed by atoms with Crippen molar-refractivity contribution in [3.8, 4) is 11.5 Å². The van der Waals surface area contributed by atoms with Crippen LogP contribution in [0.5, 0.6) is 11.5 Å². The van der Waals surface area contributed by atoms with E-state index in [4.69, 9.17) is 9.47 Å². The van der Waals surface area contributed by atoms with Crippen LogP contribution in [0.3, 0.4) is 0 Å². The van der Waals surface area contributed by atoms with Crippen LogP contribution in [0.1, 0.15) is 24.2 Å². The number of hydrogen-bond acceptors (Lipinski definition) is 5. The molecule has 1 amide bonds. The first-order chi connectivity index (χ1) is 9.40. The lowest BCUT2D eigenvalue weighted by atomic mass is 10.0. The second-order valence-electron chi connectivity index (χ2n) is 4.58. The molecule has 1 rings (SSSR count). The summed E-state index contributed by atoms with van der Waals surface area (Å²) in [7, 11) is 2.94. The molecule has 0 heterocycles. The van der Waals surface area contributed by atoms with Gasteiger partial charge < -0.3 is 24.7 Å². The van der Waals surface area contributed by atoms with Crippen LogP contribution in [0.25, 0.3) is 0 Å². The summed E-state index contributed by atoms with van der Waals surface area (Å²) in [6.07, 6.45) is 0. The minimum Gasteiger partial charge on any atom is -0.548 e. The van der Waals surface area contributed by atoms with Crippen molar-refractivity contribution in [2.24, 2.45) is 5.92 Å². The molecule has 110 valence electrons. The number of hydrogen-bond donors (Lipinski definition) is 1. The first-order valence-corrected chi connectivity index (χ1v) is 6.14. The molecule has 6 nitrogen and oxygen atoms in total. The van der Waals surface area contributed by atoms with E-state index in [2.05, 4.69) is 5.32 Å². The van der Waals surface area contributed by atoms with Crippen molar-refractivity contribution >= 4 is 11.9 Å². The van der Waals surface area contributed by atoms with Gasteiger partial charge in [-0.05, 0) is 24.1 Å². The zero-order valence-electron chi connectivity index (χ0n) is 11.9. The van der Waals surface area contributed by atoms with Crippen LogP contribution >= 0.6 is 0 Å². The Bertz CT molecular complexity index is 498. The summed E-state index contributed by atoms with van der Waals surface area (Å²) >= 11 is 0. The van der Waals surface area contributed by atoms with Gasteiger partial charge in [-0.25, -0.2) is 0 Å². The van der Waals surface area contributed by atoms with Gasteiger partial charge in [-0.1, -0.05) is 13.8 Å². The maximum absolute atomic E-state index is 12.0. The molecule has 0 aliphatic rings. The lowest BCUT2D eigenvalue weighted by molar-refractivity contribution is -0.309. The van der Waals surface area contributed by atoms with E-state index in [0.717, 1.165) is 0 Å². The molecule has 0 saturated carbocycles. The summed E-state index contributed by atoms with van der Waals surface area (Å²) < 4.78 is 10.2. The van der Waals surface area contributed by atoms with Crippen LogP contribution in [0.15, 0.2) is 18.2 Å². The number of nitrogens with one attached hydrogen (secondary N) is 1. The molecule has 0 radical (unpaired) electrons. The van der Waals surface area contributed by atoms with Crippen LogP contribution in [-0.4, -0.2) is 32.1 Å². The normalized spacial score (nSPS) is 11.8. The highest BCUT2D eigenvalue weighted by Gasteiger charge is 2.19. The van der Waals surface area contributed by atoms with Gasteiger partial charge in [0.2, 0.25) is 0 Å². The molecule has 1 aromatic carbocycles. The molecule has 0 aliphatic heterocycles. The highest BCUT2D eigenvalue weighted by atomic mass is 16.5. The molecule has 20 heavy (non-hydrogen) atoms. The van der Waals surface area contributed by atoms with Crippen LogP contribution in [0.2, 0.25) is 0 Å². The third kappa shape index (κ3) is 3.63. The van der Waals surface area contributed by atoms with Crippen molar-refractivity contribution in [3.05, 3.63) is 23.8 Å². The maximum atomic E-state index is 12.0. The van der Waals surface area contributed by atoms with E-state index >= 15 is 0 Å². The van der Waals surface area contributed by atoms with Crippen molar-refractivity contribution in [3.63, 3.8) is 0 Å². The molecule has 0 unspecified atom stereocenters. The van der Waals surface area contributed by atoms with Gasteiger partial charge in [0, 0.05) is 5.56 Å². The van der Waals surface area contributed by atoms with E-state index in [1.807, 2.05) is 0 Å². The van der Waals surface area contributed by atoms with Crippen molar-refractivity contribution in [2.45, 2.75) is 19.9 Å². The number of benzene rings is 1. The van der Waals surface area contributed by atoms with E-state index in [1.165, 1.54) is 26.4 Å². The van der Waals surface area contributed by atoms with Gasteiger partial charge in [-0.3, -0.25) is 4.79 Å². The van der Waals surface area contributed by atoms with E-state index in [1.54, 1.807) is 19.9 Å². The number of aliphatic carboxylic acids is 1. The Kier molecular flexibility index (Phi) is 5.37. The molecule has 1 N–H and O–H groups in total. The Morgan fingerprint density at radius 2 is 1.75 bits per heavy atom. The van der Waals surface area contributed by atoms with E-state index in [9.17, 15) is 14.7 Å². The first-order valence-electron chi connectivity index (χ1n) is 6.14. The smallest absolute Gasteiger partial charge is 0.251 e. The lowest BCUT2D eigenvalue weighted by Gasteiger charge is -2.23. The Morgan fingerprint density at radius 3 is 2.20 bits per heavy atom. The predicted octanol–water partition coefficient (Wildman–Crippen LogP) is 0.208. The van der Waals surface area contributed by atoms with Crippen LogP contribution in [-0.2, 0) is 4.79 Å². The first kappa shape index (κ1) is 15.8. The van der Waals surface area contributed by atoms with Gasteiger partial charge in [0.05, 0.1) is 26.2 Å². The number of amides is 1. The molecule has 1 aromatic rings. The largest absolute Gasteiger partial charge is 0.548 e. The number of carboxylic acids is 1. The summed E-state index contributed by atoms with van der Waals surface area (Å²) in [6, 6.07) is 3.55. The van der Waals surface area contributed by atoms with Crippen LogP contribution in [0.4, 0.5) is 0 Å². The zero-order chi connectivity index (χ0) is 15.3. The quantitative estimate of drug-likeness (QED) is 0.804. The second-order valence-corrected chi connectivity index (χ2v) is 4.58. The number of rotatable bonds is 6. The molecule has 0 spiro atoms. The number of methoxy groups -OCH3 is 2. The summed E-state index contributed by atoms with van der Waals surface area (Å²) in [4.78, 5) is 23.0. The molecule has 6 heteroatoms. The highest BCUT2D eigenvalue weighted by molar-refractivity contribution is 5.97.